The second kappa shape index (κ2) is 9.32. The first-order valence-corrected chi connectivity index (χ1v) is 7.49. The maximum atomic E-state index is 12.1. The molecule has 1 atom stereocenters. The molecule has 0 heterocycles. The van der Waals surface area contributed by atoms with Crippen molar-refractivity contribution in [3.8, 4) is 0 Å². The van der Waals surface area contributed by atoms with E-state index in [2.05, 4.69) is 38.0 Å². The van der Waals surface area contributed by atoms with Crippen LogP contribution < -0.4 is 5.32 Å². The third kappa shape index (κ3) is 6.92. The molecular weight excluding hydrogens is 240 g/mol. The van der Waals surface area contributed by atoms with Crippen LogP contribution in [-0.4, -0.2) is 49.2 Å². The van der Waals surface area contributed by atoms with E-state index in [1.165, 1.54) is 0 Å². The van der Waals surface area contributed by atoms with Gasteiger partial charge in [-0.2, -0.15) is 0 Å². The van der Waals surface area contributed by atoms with Crippen LogP contribution in [0.25, 0.3) is 0 Å². The third-order valence-corrected chi connectivity index (χ3v) is 3.56. The zero-order valence-corrected chi connectivity index (χ0v) is 13.6. The fraction of sp³-hybridized carbons (Fsp3) is 0.933. The van der Waals surface area contributed by atoms with Gasteiger partial charge in [-0.3, -0.25) is 4.79 Å². The maximum absolute atomic E-state index is 12.1. The van der Waals surface area contributed by atoms with Crippen LogP contribution in [0.1, 0.15) is 53.9 Å². The third-order valence-electron chi connectivity index (χ3n) is 3.56. The van der Waals surface area contributed by atoms with E-state index in [9.17, 15) is 4.79 Å². The molecule has 0 radical (unpaired) electrons. The molecule has 4 heteroatoms. The Bertz CT molecular complexity index is 257. The van der Waals surface area contributed by atoms with Crippen molar-refractivity contribution < 1.29 is 9.53 Å². The first-order valence-electron chi connectivity index (χ1n) is 7.49. The van der Waals surface area contributed by atoms with Crippen molar-refractivity contribution >= 4 is 5.97 Å². The minimum Gasteiger partial charge on any atom is -0.465 e. The predicted molar refractivity (Wildman–Crippen MR) is 80.3 cm³/mol. The van der Waals surface area contributed by atoms with Crippen LogP contribution in [0.5, 0.6) is 0 Å². The molecule has 0 aliphatic heterocycles. The average molecular weight is 272 g/mol. The Morgan fingerprint density at radius 1 is 1.37 bits per heavy atom. The van der Waals surface area contributed by atoms with Gasteiger partial charge in [0.25, 0.3) is 0 Å². The van der Waals surface area contributed by atoms with Crippen LogP contribution in [-0.2, 0) is 9.53 Å². The van der Waals surface area contributed by atoms with Crippen molar-refractivity contribution in [3.63, 3.8) is 0 Å². The van der Waals surface area contributed by atoms with E-state index in [1.54, 1.807) is 0 Å². The lowest BCUT2D eigenvalue weighted by Gasteiger charge is -2.30. The van der Waals surface area contributed by atoms with Gasteiger partial charge >= 0.3 is 5.97 Å². The molecule has 114 valence electrons. The molecule has 0 spiro atoms. The highest BCUT2D eigenvalue weighted by molar-refractivity contribution is 5.80. The Balaban J connectivity index is 4.37. The number of carbonyl (C=O) groups is 1. The van der Waals surface area contributed by atoms with Crippen molar-refractivity contribution in [2.24, 2.45) is 0 Å². The smallest absolute Gasteiger partial charge is 0.326 e. The Labute approximate surface area is 118 Å². The molecule has 0 aromatic carbocycles. The van der Waals surface area contributed by atoms with E-state index in [4.69, 9.17) is 4.74 Å². The summed E-state index contributed by atoms with van der Waals surface area (Å²) in [5, 5.41) is 3.34. The van der Waals surface area contributed by atoms with Crippen molar-refractivity contribution in [2.75, 3.05) is 26.7 Å². The number of ether oxygens (including phenoxy) is 1. The summed E-state index contributed by atoms with van der Waals surface area (Å²) in [4.78, 5) is 14.4. The van der Waals surface area contributed by atoms with E-state index in [0.717, 1.165) is 32.4 Å². The number of hydrogen-bond acceptors (Lipinski definition) is 4. The number of nitrogens with zero attached hydrogens (tertiary/aromatic N) is 1. The van der Waals surface area contributed by atoms with Gasteiger partial charge in [-0.1, -0.05) is 6.92 Å². The van der Waals surface area contributed by atoms with Gasteiger partial charge in [0.1, 0.15) is 5.54 Å². The Kier molecular flexibility index (Phi) is 9.02. The molecule has 19 heavy (non-hydrogen) atoms. The summed E-state index contributed by atoms with van der Waals surface area (Å²) in [6.45, 7) is 12.6. The Hall–Kier alpha value is -0.610. The van der Waals surface area contributed by atoms with Gasteiger partial charge in [-0.25, -0.2) is 0 Å². The molecule has 0 rings (SSSR count). The fourth-order valence-corrected chi connectivity index (χ4v) is 1.89. The van der Waals surface area contributed by atoms with Crippen molar-refractivity contribution in [1.82, 2.24) is 10.2 Å². The summed E-state index contributed by atoms with van der Waals surface area (Å²) in [7, 11) is 2.12. The van der Waals surface area contributed by atoms with Gasteiger partial charge in [0.2, 0.25) is 0 Å². The molecular formula is C15H32N2O2. The molecule has 1 unspecified atom stereocenters. The molecule has 0 bridgehead atoms. The minimum absolute atomic E-state index is 0.129. The summed E-state index contributed by atoms with van der Waals surface area (Å²) in [6, 6.07) is 0.539. The number of nitrogens with one attached hydrogen (secondary N) is 1. The fourth-order valence-electron chi connectivity index (χ4n) is 1.89. The highest BCUT2D eigenvalue weighted by Crippen LogP contribution is 2.15. The molecule has 0 saturated carbocycles. The monoisotopic (exact) mass is 272 g/mol. The maximum Gasteiger partial charge on any atom is 0.326 e. The number of hydrogen-bond donors (Lipinski definition) is 1. The van der Waals surface area contributed by atoms with Crippen LogP contribution >= 0.6 is 0 Å². The molecule has 0 fully saturated rings. The van der Waals surface area contributed by atoms with Crippen LogP contribution in [0.3, 0.4) is 0 Å². The Morgan fingerprint density at radius 3 is 2.47 bits per heavy atom. The molecule has 0 aliphatic rings. The normalized spacial score (nSPS) is 14.7. The summed E-state index contributed by atoms with van der Waals surface area (Å²) in [6.07, 6.45) is 2.81. The summed E-state index contributed by atoms with van der Waals surface area (Å²) < 4.78 is 5.19. The van der Waals surface area contributed by atoms with Gasteiger partial charge in [0.15, 0.2) is 0 Å². The molecule has 0 aromatic rings. The highest BCUT2D eigenvalue weighted by Gasteiger charge is 2.33. The van der Waals surface area contributed by atoms with Crippen LogP contribution in [0, 0.1) is 0 Å². The van der Waals surface area contributed by atoms with E-state index in [1.807, 2.05) is 13.8 Å². The van der Waals surface area contributed by atoms with Gasteiger partial charge in [-0.05, 0) is 67.1 Å². The minimum atomic E-state index is -0.552. The number of carbonyl (C=O) groups excluding carboxylic acids is 1. The molecule has 4 nitrogen and oxygen atoms in total. The molecule has 0 aliphatic carbocycles. The zero-order chi connectivity index (χ0) is 14.9. The summed E-state index contributed by atoms with van der Waals surface area (Å²) in [5.74, 6) is -0.129. The summed E-state index contributed by atoms with van der Waals surface area (Å²) in [5.41, 5.74) is -0.552. The molecule has 0 aromatic heterocycles. The highest BCUT2D eigenvalue weighted by atomic mass is 16.5. The van der Waals surface area contributed by atoms with Gasteiger partial charge < -0.3 is 15.0 Å². The largest absolute Gasteiger partial charge is 0.465 e. The molecule has 1 N–H and O–H groups in total. The zero-order valence-electron chi connectivity index (χ0n) is 13.6. The van der Waals surface area contributed by atoms with Crippen LogP contribution in [0.15, 0.2) is 0 Å². The second-order valence-corrected chi connectivity index (χ2v) is 5.66. The molecule has 0 saturated heterocycles. The van der Waals surface area contributed by atoms with Crippen molar-refractivity contribution in [3.05, 3.63) is 0 Å². The van der Waals surface area contributed by atoms with Gasteiger partial charge in [0, 0.05) is 6.04 Å². The Morgan fingerprint density at radius 2 is 2.00 bits per heavy atom. The lowest BCUT2D eigenvalue weighted by Crippen LogP contribution is -2.51. The number of rotatable bonds is 10. The first-order chi connectivity index (χ1) is 8.87. The van der Waals surface area contributed by atoms with Crippen molar-refractivity contribution in [2.45, 2.75) is 65.5 Å². The first kappa shape index (κ1) is 18.4. The van der Waals surface area contributed by atoms with Gasteiger partial charge in [-0.15, -0.1) is 0 Å². The standard InChI is InChI=1S/C15H32N2O2/c1-7-11-16-15(5,14(18)19-8-2)10-9-12-17(6)13(3)4/h13,16H,7-12H2,1-6H3. The summed E-state index contributed by atoms with van der Waals surface area (Å²) >= 11 is 0. The van der Waals surface area contributed by atoms with E-state index in [-0.39, 0.29) is 5.97 Å². The topological polar surface area (TPSA) is 41.6 Å². The van der Waals surface area contributed by atoms with Crippen molar-refractivity contribution in [1.29, 1.82) is 0 Å². The average Bonchev–Trinajstić information content (AvgIpc) is 2.36. The predicted octanol–water partition coefficient (Wildman–Crippen LogP) is 2.43. The lowest BCUT2D eigenvalue weighted by molar-refractivity contribution is -0.150. The van der Waals surface area contributed by atoms with E-state index in [0.29, 0.717) is 12.6 Å². The number of esters is 1. The van der Waals surface area contributed by atoms with Gasteiger partial charge in [0.05, 0.1) is 6.61 Å². The lowest BCUT2D eigenvalue weighted by atomic mass is 9.95. The second-order valence-electron chi connectivity index (χ2n) is 5.66. The van der Waals surface area contributed by atoms with Crippen LogP contribution in [0.2, 0.25) is 0 Å². The molecule has 0 amide bonds. The quantitative estimate of drug-likeness (QED) is 0.620. The van der Waals surface area contributed by atoms with Crippen LogP contribution in [0.4, 0.5) is 0 Å². The SMILES string of the molecule is CCCNC(C)(CCCN(C)C(C)C)C(=O)OCC. The van der Waals surface area contributed by atoms with E-state index < -0.39 is 5.54 Å². The van der Waals surface area contributed by atoms with E-state index >= 15 is 0 Å².